The molecule has 0 saturated heterocycles. The highest BCUT2D eigenvalue weighted by Crippen LogP contribution is 2.36. The van der Waals surface area contributed by atoms with E-state index in [-0.39, 0.29) is 19.8 Å². The van der Waals surface area contributed by atoms with Crippen LogP contribution in [0.4, 0.5) is 0 Å². The maximum absolute atomic E-state index is 13.4. The van der Waals surface area contributed by atoms with Gasteiger partial charge in [0.05, 0.1) is 19.6 Å². The molecular formula is C24H16Cl2O8S3. The van der Waals surface area contributed by atoms with Crippen molar-refractivity contribution in [3.8, 4) is 11.5 Å². The minimum absolute atomic E-state index is 0.234. The van der Waals surface area contributed by atoms with Crippen LogP contribution < -0.4 is 0 Å². The van der Waals surface area contributed by atoms with Crippen molar-refractivity contribution in [1.82, 2.24) is 0 Å². The zero-order valence-corrected chi connectivity index (χ0v) is 22.4. The maximum atomic E-state index is 13.4. The molecule has 0 aliphatic heterocycles. The van der Waals surface area contributed by atoms with E-state index in [9.17, 15) is 35.5 Å². The van der Waals surface area contributed by atoms with Gasteiger partial charge in [0, 0.05) is 10.0 Å². The Morgan fingerprint density at radius 1 is 0.432 bits per heavy atom. The molecule has 37 heavy (non-hydrogen) atoms. The summed E-state index contributed by atoms with van der Waals surface area (Å²) in [7, 11) is -13.2. The van der Waals surface area contributed by atoms with Crippen LogP contribution in [0.3, 0.4) is 0 Å². The molecule has 0 fully saturated rings. The van der Waals surface area contributed by atoms with E-state index < -0.39 is 60.6 Å². The first-order valence-corrected chi connectivity index (χ1v) is 15.4. The highest BCUT2D eigenvalue weighted by atomic mass is 35.5. The fourth-order valence-electron chi connectivity index (χ4n) is 3.37. The van der Waals surface area contributed by atoms with Gasteiger partial charge in [0.25, 0.3) is 0 Å². The van der Waals surface area contributed by atoms with Gasteiger partial charge < -0.3 is 10.2 Å². The fraction of sp³-hybridized carbons (Fsp3) is 0. The molecule has 4 aromatic carbocycles. The number of phenols is 2. The van der Waals surface area contributed by atoms with Crippen LogP contribution in [0.2, 0.25) is 10.0 Å². The maximum Gasteiger partial charge on any atom is 0.210 e. The standard InChI is InChI=1S/C24H16Cl2O8S3/c25-15-1-5-17(6-2-15)36(31,32)23-13-19(9-11-21(23)27)35(29,30)20-10-12-22(28)24(14-20)37(33,34)18-7-3-16(26)4-8-18/h1-14,27-28H. The van der Waals surface area contributed by atoms with Crippen molar-refractivity contribution in [3.63, 3.8) is 0 Å². The first-order chi connectivity index (χ1) is 17.2. The van der Waals surface area contributed by atoms with Crippen LogP contribution in [0.25, 0.3) is 0 Å². The van der Waals surface area contributed by atoms with Crippen LogP contribution in [0, 0.1) is 0 Å². The summed E-state index contributed by atoms with van der Waals surface area (Å²) in [4.78, 5) is -2.88. The molecule has 0 aromatic heterocycles. The lowest BCUT2D eigenvalue weighted by Crippen LogP contribution is -2.08. The second-order valence-electron chi connectivity index (χ2n) is 7.68. The second kappa shape index (κ2) is 9.66. The van der Waals surface area contributed by atoms with Crippen LogP contribution in [0.15, 0.2) is 114 Å². The predicted molar refractivity (Wildman–Crippen MR) is 135 cm³/mol. The van der Waals surface area contributed by atoms with Crippen molar-refractivity contribution < 1.29 is 35.5 Å². The van der Waals surface area contributed by atoms with Gasteiger partial charge in [0.2, 0.25) is 29.5 Å². The molecule has 0 amide bonds. The molecule has 192 valence electrons. The topological polar surface area (TPSA) is 143 Å². The number of aromatic hydroxyl groups is 2. The summed E-state index contributed by atoms with van der Waals surface area (Å²) in [5.41, 5.74) is 0. The number of phenolic OH excluding ortho intramolecular Hbond substituents is 2. The van der Waals surface area contributed by atoms with Crippen molar-refractivity contribution in [2.45, 2.75) is 29.4 Å². The summed E-state index contributed by atoms with van der Waals surface area (Å²) in [6.45, 7) is 0. The molecule has 0 bridgehead atoms. The fourth-order valence-corrected chi connectivity index (χ4v) is 7.83. The Kier molecular flexibility index (Phi) is 7.04. The summed E-state index contributed by atoms with van der Waals surface area (Å²) in [5, 5.41) is 21.0. The van der Waals surface area contributed by atoms with Gasteiger partial charge in [0.1, 0.15) is 21.3 Å². The Balaban J connectivity index is 1.83. The molecule has 4 rings (SSSR count). The monoisotopic (exact) mass is 598 g/mol. The van der Waals surface area contributed by atoms with Crippen LogP contribution in [0.5, 0.6) is 11.5 Å². The smallest absolute Gasteiger partial charge is 0.210 e. The van der Waals surface area contributed by atoms with E-state index in [1.165, 1.54) is 48.5 Å². The Morgan fingerprint density at radius 3 is 1.05 bits per heavy atom. The van der Waals surface area contributed by atoms with E-state index in [0.29, 0.717) is 0 Å². The normalized spacial score (nSPS) is 12.4. The molecule has 0 heterocycles. The molecule has 0 saturated carbocycles. The molecule has 4 aromatic rings. The van der Waals surface area contributed by atoms with Crippen LogP contribution in [-0.4, -0.2) is 35.5 Å². The number of halogens is 2. The highest BCUT2D eigenvalue weighted by molar-refractivity contribution is 7.93. The van der Waals surface area contributed by atoms with E-state index in [4.69, 9.17) is 23.2 Å². The van der Waals surface area contributed by atoms with Crippen LogP contribution >= 0.6 is 23.2 Å². The molecule has 0 atom stereocenters. The van der Waals surface area contributed by atoms with Crippen molar-refractivity contribution in [3.05, 3.63) is 95.0 Å². The summed E-state index contributed by atoms with van der Waals surface area (Å²) in [5.74, 6) is -1.38. The molecule has 0 aliphatic rings. The zero-order valence-electron chi connectivity index (χ0n) is 18.4. The van der Waals surface area contributed by atoms with E-state index in [1.807, 2.05) is 0 Å². The van der Waals surface area contributed by atoms with Gasteiger partial charge in [-0.1, -0.05) is 23.2 Å². The number of hydrogen-bond donors (Lipinski definition) is 2. The number of sulfone groups is 3. The van der Waals surface area contributed by atoms with Gasteiger partial charge in [-0.2, -0.15) is 0 Å². The summed E-state index contributed by atoms with van der Waals surface area (Å²) >= 11 is 11.6. The first kappa shape index (κ1) is 27.0. The van der Waals surface area contributed by atoms with Crippen molar-refractivity contribution in [1.29, 1.82) is 0 Å². The van der Waals surface area contributed by atoms with Crippen molar-refractivity contribution in [2.24, 2.45) is 0 Å². The molecule has 0 radical (unpaired) electrons. The number of benzene rings is 4. The lowest BCUT2D eigenvalue weighted by molar-refractivity contribution is 0.457. The summed E-state index contributed by atoms with van der Waals surface area (Å²) in [6.07, 6.45) is 0. The lowest BCUT2D eigenvalue weighted by atomic mass is 10.3. The highest BCUT2D eigenvalue weighted by Gasteiger charge is 2.29. The van der Waals surface area contributed by atoms with E-state index >= 15 is 0 Å². The van der Waals surface area contributed by atoms with E-state index in [2.05, 4.69) is 0 Å². The first-order valence-electron chi connectivity index (χ1n) is 10.2. The molecule has 2 N–H and O–H groups in total. The van der Waals surface area contributed by atoms with Crippen LogP contribution in [0.1, 0.15) is 0 Å². The largest absolute Gasteiger partial charge is 0.507 e. The van der Waals surface area contributed by atoms with Gasteiger partial charge in [-0.15, -0.1) is 0 Å². The quantitative estimate of drug-likeness (QED) is 0.319. The van der Waals surface area contributed by atoms with E-state index in [0.717, 1.165) is 36.4 Å². The van der Waals surface area contributed by atoms with Crippen molar-refractivity contribution in [2.75, 3.05) is 0 Å². The lowest BCUT2D eigenvalue weighted by Gasteiger charge is -2.12. The average molecular weight is 599 g/mol. The number of hydrogen-bond acceptors (Lipinski definition) is 8. The Labute approximate surface area is 223 Å². The Bertz CT molecular complexity index is 1700. The average Bonchev–Trinajstić information content (AvgIpc) is 2.84. The molecule has 0 spiro atoms. The Morgan fingerprint density at radius 2 is 0.730 bits per heavy atom. The van der Waals surface area contributed by atoms with Gasteiger partial charge in [-0.05, 0) is 84.9 Å². The third-order valence-corrected chi connectivity index (χ3v) is 11.2. The number of rotatable bonds is 6. The van der Waals surface area contributed by atoms with E-state index in [1.54, 1.807) is 0 Å². The van der Waals surface area contributed by atoms with Gasteiger partial charge in [-0.25, -0.2) is 25.3 Å². The summed E-state index contributed by atoms with van der Waals surface area (Å²) in [6, 6.07) is 15.4. The molecule has 0 aliphatic carbocycles. The predicted octanol–water partition coefficient (Wildman–Crippen LogP) is 4.90. The molecular weight excluding hydrogens is 583 g/mol. The second-order valence-corrected chi connectivity index (χ2v) is 14.3. The van der Waals surface area contributed by atoms with Crippen LogP contribution in [-0.2, 0) is 29.5 Å². The third-order valence-electron chi connectivity index (χ3n) is 5.31. The SMILES string of the molecule is O=S(=O)(c1ccc(O)c(S(=O)(=O)c2ccc(Cl)cc2)c1)c1ccc(O)c(S(=O)(=O)c2ccc(Cl)cc2)c1. The molecule has 13 heteroatoms. The molecule has 0 unspecified atom stereocenters. The minimum atomic E-state index is -4.51. The third kappa shape index (κ3) is 5.05. The van der Waals surface area contributed by atoms with Gasteiger partial charge in [0.15, 0.2) is 0 Å². The van der Waals surface area contributed by atoms with Gasteiger partial charge in [-0.3, -0.25) is 0 Å². The Hall–Kier alpha value is -3.09. The summed E-state index contributed by atoms with van der Waals surface area (Å²) < 4.78 is 79.1. The zero-order chi connectivity index (χ0) is 27.2. The van der Waals surface area contributed by atoms with Gasteiger partial charge >= 0.3 is 0 Å². The molecule has 8 nitrogen and oxygen atoms in total. The van der Waals surface area contributed by atoms with Crippen molar-refractivity contribution >= 4 is 52.7 Å². The minimum Gasteiger partial charge on any atom is -0.507 e.